The molecule has 0 aromatic carbocycles. The lowest BCUT2D eigenvalue weighted by Gasteiger charge is -2.36. The van der Waals surface area contributed by atoms with Crippen molar-refractivity contribution in [2.24, 2.45) is 0 Å². The van der Waals surface area contributed by atoms with Gasteiger partial charge in [0.15, 0.2) is 0 Å². The summed E-state index contributed by atoms with van der Waals surface area (Å²) >= 11 is 0. The average Bonchev–Trinajstić information content (AvgIpc) is 2.21. The lowest BCUT2D eigenvalue weighted by Crippen LogP contribution is -2.62. The number of nitrogens with zero attached hydrogens (tertiary/aromatic N) is 1. The zero-order valence-electron chi connectivity index (χ0n) is 9.12. The fourth-order valence-corrected chi connectivity index (χ4v) is 1.77. The van der Waals surface area contributed by atoms with Gasteiger partial charge in [-0.05, 0) is 13.3 Å². The highest BCUT2D eigenvalue weighted by atomic mass is 19.1. The Morgan fingerprint density at radius 3 is 2.67 bits per heavy atom. The van der Waals surface area contributed by atoms with Gasteiger partial charge in [0.1, 0.15) is 18.8 Å². The van der Waals surface area contributed by atoms with Crippen molar-refractivity contribution in [2.75, 3.05) is 13.2 Å². The first-order chi connectivity index (χ1) is 7.11. The third kappa shape index (κ3) is 2.46. The monoisotopic (exact) mass is 216 g/mol. The minimum absolute atomic E-state index is 0.00757. The maximum absolute atomic E-state index is 12.2. The highest BCUT2D eigenvalue weighted by molar-refractivity contribution is 5.96. The van der Waals surface area contributed by atoms with Crippen molar-refractivity contribution in [1.29, 1.82) is 0 Å². The predicted molar refractivity (Wildman–Crippen MR) is 54.0 cm³/mol. The Morgan fingerprint density at radius 2 is 2.13 bits per heavy atom. The van der Waals surface area contributed by atoms with Crippen LogP contribution in [0.1, 0.15) is 26.7 Å². The second kappa shape index (κ2) is 5.09. The molecule has 0 spiro atoms. The number of carbonyl (C=O) groups excluding carboxylic acids is 2. The number of hydrogen-bond acceptors (Lipinski definition) is 2. The summed E-state index contributed by atoms with van der Waals surface area (Å²) in [5.74, 6) is -0.358. The van der Waals surface area contributed by atoms with E-state index in [9.17, 15) is 14.0 Å². The number of nitrogens with one attached hydrogen (secondary N) is 1. The van der Waals surface area contributed by atoms with E-state index in [1.165, 1.54) is 4.90 Å². The molecule has 0 aromatic heterocycles. The van der Waals surface area contributed by atoms with Gasteiger partial charge >= 0.3 is 0 Å². The zero-order chi connectivity index (χ0) is 11.4. The summed E-state index contributed by atoms with van der Waals surface area (Å²) in [4.78, 5) is 24.6. The summed E-state index contributed by atoms with van der Waals surface area (Å²) in [5.41, 5.74) is 0. The fourth-order valence-electron chi connectivity index (χ4n) is 1.77. The van der Waals surface area contributed by atoms with Gasteiger partial charge in [-0.25, -0.2) is 4.39 Å². The second-order valence-electron chi connectivity index (χ2n) is 3.75. The Labute approximate surface area is 88.8 Å². The summed E-state index contributed by atoms with van der Waals surface area (Å²) < 4.78 is 12.2. The molecule has 0 saturated carbocycles. The normalized spacial score (nSPS) is 26.7. The first-order valence-corrected chi connectivity index (χ1v) is 5.28. The number of halogens is 1. The Morgan fingerprint density at radius 1 is 1.47 bits per heavy atom. The van der Waals surface area contributed by atoms with Crippen LogP contribution in [0.3, 0.4) is 0 Å². The smallest absolute Gasteiger partial charge is 0.245 e. The summed E-state index contributed by atoms with van der Waals surface area (Å²) in [6.07, 6.45) is 1.43. The molecule has 2 atom stereocenters. The maximum atomic E-state index is 12.2. The molecule has 1 aliphatic heterocycles. The number of alkyl halides is 1. The van der Waals surface area contributed by atoms with Crippen LogP contribution in [0, 0.1) is 0 Å². The minimum atomic E-state index is -0.609. The number of piperazine rings is 1. The summed E-state index contributed by atoms with van der Waals surface area (Å²) in [6, 6.07) is -1.02. The number of rotatable bonds is 4. The summed E-state index contributed by atoms with van der Waals surface area (Å²) in [7, 11) is 0. The molecule has 2 unspecified atom stereocenters. The standard InChI is InChI=1S/C10H17FN2O2/c1-3-4-8-10(15)13(6-5-11)7(2)9(14)12-8/h7-8H,3-6H2,1-2H3,(H,12,14). The van der Waals surface area contributed by atoms with Gasteiger partial charge in [0, 0.05) is 6.54 Å². The molecule has 0 aliphatic carbocycles. The van der Waals surface area contributed by atoms with E-state index in [1.807, 2.05) is 6.92 Å². The van der Waals surface area contributed by atoms with Crippen LogP contribution in [0.2, 0.25) is 0 Å². The van der Waals surface area contributed by atoms with Crippen molar-refractivity contribution in [3.8, 4) is 0 Å². The van der Waals surface area contributed by atoms with E-state index in [0.717, 1.165) is 6.42 Å². The predicted octanol–water partition coefficient (Wildman–Crippen LogP) is 0.471. The van der Waals surface area contributed by atoms with E-state index >= 15 is 0 Å². The largest absolute Gasteiger partial charge is 0.343 e. The van der Waals surface area contributed by atoms with Crippen molar-refractivity contribution >= 4 is 11.8 Å². The molecule has 1 aliphatic rings. The molecule has 0 radical (unpaired) electrons. The van der Waals surface area contributed by atoms with Crippen molar-refractivity contribution in [2.45, 2.75) is 38.8 Å². The molecule has 1 rings (SSSR count). The van der Waals surface area contributed by atoms with Gasteiger partial charge in [-0.2, -0.15) is 0 Å². The van der Waals surface area contributed by atoms with Crippen LogP contribution in [0.25, 0.3) is 0 Å². The zero-order valence-corrected chi connectivity index (χ0v) is 9.12. The van der Waals surface area contributed by atoms with Crippen molar-refractivity contribution in [3.63, 3.8) is 0 Å². The molecule has 4 nitrogen and oxygen atoms in total. The highest BCUT2D eigenvalue weighted by Gasteiger charge is 2.36. The van der Waals surface area contributed by atoms with Crippen LogP contribution in [-0.2, 0) is 9.59 Å². The molecule has 0 aromatic rings. The van der Waals surface area contributed by atoms with Crippen LogP contribution in [-0.4, -0.2) is 42.0 Å². The number of hydrogen-bond donors (Lipinski definition) is 1. The van der Waals surface area contributed by atoms with Gasteiger partial charge in [0.05, 0.1) is 0 Å². The topological polar surface area (TPSA) is 49.4 Å². The van der Waals surface area contributed by atoms with Gasteiger partial charge in [-0.3, -0.25) is 9.59 Å². The fraction of sp³-hybridized carbons (Fsp3) is 0.800. The Kier molecular flexibility index (Phi) is 4.05. The summed E-state index contributed by atoms with van der Waals surface area (Å²) in [6.45, 7) is 2.96. The third-order valence-corrected chi connectivity index (χ3v) is 2.65. The molecule has 1 N–H and O–H groups in total. The second-order valence-corrected chi connectivity index (χ2v) is 3.75. The lowest BCUT2D eigenvalue weighted by atomic mass is 10.0. The van der Waals surface area contributed by atoms with E-state index in [0.29, 0.717) is 6.42 Å². The number of amides is 2. The minimum Gasteiger partial charge on any atom is -0.343 e. The SMILES string of the molecule is CCCC1NC(=O)C(C)N(CCF)C1=O. The van der Waals surface area contributed by atoms with Crippen LogP contribution in [0.5, 0.6) is 0 Å². The third-order valence-electron chi connectivity index (χ3n) is 2.65. The first-order valence-electron chi connectivity index (χ1n) is 5.28. The Balaban J connectivity index is 2.74. The maximum Gasteiger partial charge on any atom is 0.245 e. The molecule has 2 amide bonds. The van der Waals surface area contributed by atoms with Crippen molar-refractivity contribution < 1.29 is 14.0 Å². The van der Waals surface area contributed by atoms with Gasteiger partial charge in [-0.1, -0.05) is 13.3 Å². The van der Waals surface area contributed by atoms with E-state index < -0.39 is 18.8 Å². The average molecular weight is 216 g/mol. The molecular weight excluding hydrogens is 199 g/mol. The molecule has 86 valence electrons. The van der Waals surface area contributed by atoms with E-state index in [2.05, 4.69) is 5.32 Å². The van der Waals surface area contributed by atoms with Crippen molar-refractivity contribution in [3.05, 3.63) is 0 Å². The van der Waals surface area contributed by atoms with Crippen molar-refractivity contribution in [1.82, 2.24) is 10.2 Å². The molecule has 15 heavy (non-hydrogen) atoms. The van der Waals surface area contributed by atoms with Gasteiger partial charge in [-0.15, -0.1) is 0 Å². The molecule has 5 heteroatoms. The lowest BCUT2D eigenvalue weighted by molar-refractivity contribution is -0.149. The molecule has 1 fully saturated rings. The highest BCUT2D eigenvalue weighted by Crippen LogP contribution is 2.12. The molecule has 1 heterocycles. The van der Waals surface area contributed by atoms with Gasteiger partial charge in [0.2, 0.25) is 11.8 Å². The molecular formula is C10H17FN2O2. The van der Waals surface area contributed by atoms with Gasteiger partial charge in [0.25, 0.3) is 0 Å². The molecule has 1 saturated heterocycles. The Hall–Kier alpha value is -1.13. The first kappa shape index (κ1) is 11.9. The molecule has 0 bridgehead atoms. The Bertz CT molecular complexity index is 258. The van der Waals surface area contributed by atoms with E-state index in [1.54, 1.807) is 6.92 Å². The quantitative estimate of drug-likeness (QED) is 0.742. The van der Waals surface area contributed by atoms with Crippen LogP contribution < -0.4 is 5.32 Å². The number of carbonyl (C=O) groups is 2. The van der Waals surface area contributed by atoms with Gasteiger partial charge < -0.3 is 10.2 Å². The van der Waals surface area contributed by atoms with Crippen LogP contribution in [0.15, 0.2) is 0 Å². The van der Waals surface area contributed by atoms with E-state index in [-0.39, 0.29) is 18.4 Å². The van der Waals surface area contributed by atoms with Crippen LogP contribution in [0.4, 0.5) is 4.39 Å². The van der Waals surface area contributed by atoms with Crippen LogP contribution >= 0.6 is 0 Å². The summed E-state index contributed by atoms with van der Waals surface area (Å²) in [5, 5.41) is 2.65. The van der Waals surface area contributed by atoms with E-state index in [4.69, 9.17) is 0 Å².